The topological polar surface area (TPSA) is 66.5 Å². The minimum atomic E-state index is -3.52. The molecular weight excluding hydrogens is 372 g/mol. The number of sulfonamides is 1. The molecule has 2 aromatic carbocycles. The number of carbonyl (C=O) groups is 1. The van der Waals surface area contributed by atoms with E-state index in [2.05, 4.69) is 5.32 Å². The summed E-state index contributed by atoms with van der Waals surface area (Å²) >= 11 is 5.93. The predicted octanol–water partition coefficient (Wildman–Crippen LogP) is 3.70. The van der Waals surface area contributed by atoms with Crippen molar-refractivity contribution in [2.45, 2.75) is 30.6 Å². The highest BCUT2D eigenvalue weighted by Gasteiger charge is 2.26. The van der Waals surface area contributed by atoms with Crippen LogP contribution in [-0.2, 0) is 21.2 Å². The summed E-state index contributed by atoms with van der Waals surface area (Å²) in [5, 5.41) is 3.33. The first-order valence-electron chi connectivity index (χ1n) is 8.60. The Morgan fingerprint density at radius 1 is 1.04 bits per heavy atom. The van der Waals surface area contributed by atoms with Crippen LogP contribution in [0.5, 0.6) is 0 Å². The van der Waals surface area contributed by atoms with Crippen LogP contribution in [-0.4, -0.2) is 31.7 Å². The van der Waals surface area contributed by atoms with Gasteiger partial charge in [-0.1, -0.05) is 36.2 Å². The number of amides is 1. The van der Waals surface area contributed by atoms with Crippen LogP contribution in [0, 0.1) is 0 Å². The number of hydrogen-bond acceptors (Lipinski definition) is 3. The van der Waals surface area contributed by atoms with E-state index in [1.54, 1.807) is 36.4 Å². The predicted molar refractivity (Wildman–Crippen MR) is 103 cm³/mol. The van der Waals surface area contributed by atoms with Gasteiger partial charge in [-0.3, -0.25) is 4.79 Å². The van der Waals surface area contributed by atoms with Crippen molar-refractivity contribution in [1.82, 2.24) is 4.31 Å². The van der Waals surface area contributed by atoms with Crippen LogP contribution in [0.25, 0.3) is 0 Å². The molecule has 138 valence electrons. The van der Waals surface area contributed by atoms with Gasteiger partial charge in [-0.25, -0.2) is 8.42 Å². The number of nitrogens with zero attached hydrogens (tertiary/aromatic N) is 1. The lowest BCUT2D eigenvalue weighted by Crippen LogP contribution is -2.35. The number of piperidine rings is 1. The SMILES string of the molecule is O=C(Cc1cccc(Cl)c1)Nc1cccc(S(=O)(=O)N2CCCCC2)c1. The molecule has 0 aliphatic carbocycles. The largest absolute Gasteiger partial charge is 0.326 e. The van der Waals surface area contributed by atoms with E-state index in [4.69, 9.17) is 11.6 Å². The second-order valence-electron chi connectivity index (χ2n) is 6.35. The lowest BCUT2D eigenvalue weighted by molar-refractivity contribution is -0.115. The molecule has 0 atom stereocenters. The van der Waals surface area contributed by atoms with E-state index >= 15 is 0 Å². The molecule has 26 heavy (non-hydrogen) atoms. The number of benzene rings is 2. The zero-order valence-corrected chi connectivity index (χ0v) is 15.9. The maximum atomic E-state index is 12.8. The number of nitrogens with one attached hydrogen (secondary N) is 1. The van der Waals surface area contributed by atoms with Crippen molar-refractivity contribution in [3.63, 3.8) is 0 Å². The van der Waals surface area contributed by atoms with Crippen LogP contribution in [0.4, 0.5) is 5.69 Å². The fourth-order valence-corrected chi connectivity index (χ4v) is 4.80. The summed E-state index contributed by atoms with van der Waals surface area (Å²) in [7, 11) is -3.52. The van der Waals surface area contributed by atoms with Crippen LogP contribution >= 0.6 is 11.6 Å². The zero-order valence-electron chi connectivity index (χ0n) is 14.3. The van der Waals surface area contributed by atoms with Crippen molar-refractivity contribution in [2.24, 2.45) is 0 Å². The molecule has 7 heteroatoms. The zero-order chi connectivity index (χ0) is 18.6. The third-order valence-electron chi connectivity index (χ3n) is 4.32. The minimum absolute atomic E-state index is 0.170. The molecule has 0 bridgehead atoms. The number of rotatable bonds is 5. The molecule has 0 saturated carbocycles. The van der Waals surface area contributed by atoms with Gasteiger partial charge in [-0.05, 0) is 48.7 Å². The van der Waals surface area contributed by atoms with E-state index in [0.717, 1.165) is 24.8 Å². The molecule has 1 aliphatic rings. The van der Waals surface area contributed by atoms with E-state index in [9.17, 15) is 13.2 Å². The molecule has 3 rings (SSSR count). The average molecular weight is 393 g/mol. The van der Waals surface area contributed by atoms with Crippen molar-refractivity contribution in [3.05, 3.63) is 59.1 Å². The molecule has 2 aromatic rings. The van der Waals surface area contributed by atoms with Gasteiger partial charge >= 0.3 is 0 Å². The second kappa shape index (κ2) is 8.20. The summed E-state index contributed by atoms with van der Waals surface area (Å²) in [6.45, 7) is 1.10. The third-order valence-corrected chi connectivity index (χ3v) is 6.45. The van der Waals surface area contributed by atoms with Crippen molar-refractivity contribution >= 4 is 33.2 Å². The first-order valence-corrected chi connectivity index (χ1v) is 10.4. The Bertz CT molecular complexity index is 893. The lowest BCUT2D eigenvalue weighted by Gasteiger charge is -2.26. The lowest BCUT2D eigenvalue weighted by atomic mass is 10.1. The van der Waals surface area contributed by atoms with Crippen molar-refractivity contribution in [2.75, 3.05) is 18.4 Å². The quantitative estimate of drug-likeness (QED) is 0.843. The molecule has 0 radical (unpaired) electrons. The van der Waals surface area contributed by atoms with E-state index in [-0.39, 0.29) is 17.2 Å². The van der Waals surface area contributed by atoms with E-state index in [1.165, 1.54) is 10.4 Å². The molecule has 1 amide bonds. The van der Waals surface area contributed by atoms with Gasteiger partial charge in [-0.2, -0.15) is 4.31 Å². The third kappa shape index (κ3) is 4.63. The van der Waals surface area contributed by atoms with Gasteiger partial charge in [0.2, 0.25) is 15.9 Å². The Balaban J connectivity index is 1.71. The van der Waals surface area contributed by atoms with Gasteiger partial charge < -0.3 is 5.32 Å². The molecule has 1 aliphatic heterocycles. The second-order valence-corrected chi connectivity index (χ2v) is 8.72. The summed E-state index contributed by atoms with van der Waals surface area (Å²) in [6, 6.07) is 13.5. The van der Waals surface area contributed by atoms with Gasteiger partial charge in [0.1, 0.15) is 0 Å². The molecule has 1 heterocycles. The van der Waals surface area contributed by atoms with Crippen LogP contribution in [0.1, 0.15) is 24.8 Å². The van der Waals surface area contributed by atoms with Crippen LogP contribution in [0.3, 0.4) is 0 Å². The average Bonchev–Trinajstić information content (AvgIpc) is 2.62. The maximum absolute atomic E-state index is 12.8. The van der Waals surface area contributed by atoms with Crippen molar-refractivity contribution < 1.29 is 13.2 Å². The minimum Gasteiger partial charge on any atom is -0.326 e. The Labute approximate surface area is 159 Å². The smallest absolute Gasteiger partial charge is 0.243 e. The summed E-state index contributed by atoms with van der Waals surface area (Å²) in [6.07, 6.45) is 3.00. The van der Waals surface area contributed by atoms with Gasteiger partial charge in [0, 0.05) is 23.8 Å². The molecule has 5 nitrogen and oxygen atoms in total. The highest BCUT2D eigenvalue weighted by Crippen LogP contribution is 2.23. The highest BCUT2D eigenvalue weighted by molar-refractivity contribution is 7.89. The van der Waals surface area contributed by atoms with E-state index in [0.29, 0.717) is 23.8 Å². The monoisotopic (exact) mass is 392 g/mol. The fraction of sp³-hybridized carbons (Fsp3) is 0.316. The number of carbonyl (C=O) groups excluding carboxylic acids is 1. The Kier molecular flexibility index (Phi) is 5.96. The summed E-state index contributed by atoms with van der Waals surface area (Å²) < 4.78 is 27.0. The van der Waals surface area contributed by atoms with Gasteiger partial charge in [0.05, 0.1) is 11.3 Å². The first kappa shape index (κ1) is 18.9. The summed E-state index contributed by atoms with van der Waals surface area (Å²) in [4.78, 5) is 12.5. The Morgan fingerprint density at radius 3 is 2.50 bits per heavy atom. The van der Waals surface area contributed by atoms with Gasteiger partial charge in [-0.15, -0.1) is 0 Å². The van der Waals surface area contributed by atoms with E-state index in [1.807, 2.05) is 6.07 Å². The summed E-state index contributed by atoms with van der Waals surface area (Å²) in [5.74, 6) is -0.222. The van der Waals surface area contributed by atoms with Crippen LogP contribution in [0.15, 0.2) is 53.4 Å². The number of halogens is 1. The highest BCUT2D eigenvalue weighted by atomic mass is 35.5. The molecular formula is C19H21ClN2O3S. The van der Waals surface area contributed by atoms with Crippen molar-refractivity contribution in [1.29, 1.82) is 0 Å². The Hall–Kier alpha value is -1.89. The van der Waals surface area contributed by atoms with E-state index < -0.39 is 10.0 Å². The molecule has 0 aromatic heterocycles. The molecule has 1 fully saturated rings. The molecule has 1 saturated heterocycles. The molecule has 0 spiro atoms. The molecule has 1 N–H and O–H groups in total. The number of hydrogen-bond donors (Lipinski definition) is 1. The molecule has 0 unspecified atom stereocenters. The fourth-order valence-electron chi connectivity index (χ4n) is 3.03. The number of anilines is 1. The maximum Gasteiger partial charge on any atom is 0.243 e. The van der Waals surface area contributed by atoms with Gasteiger partial charge in [0.25, 0.3) is 0 Å². The standard InChI is InChI=1S/C19H21ClN2O3S/c20-16-7-4-6-15(12-16)13-19(23)21-17-8-5-9-18(14-17)26(24,25)22-10-2-1-3-11-22/h4-9,12,14H,1-3,10-11,13H2,(H,21,23). The first-order chi connectivity index (χ1) is 12.4. The Morgan fingerprint density at radius 2 is 1.77 bits per heavy atom. The summed E-state index contributed by atoms with van der Waals surface area (Å²) in [5.41, 5.74) is 1.27. The van der Waals surface area contributed by atoms with Crippen LogP contribution in [0.2, 0.25) is 5.02 Å². The normalized spacial score (nSPS) is 15.6. The van der Waals surface area contributed by atoms with Gasteiger partial charge in [0.15, 0.2) is 0 Å². The van der Waals surface area contributed by atoms with Crippen molar-refractivity contribution in [3.8, 4) is 0 Å². The van der Waals surface area contributed by atoms with Crippen LogP contribution < -0.4 is 5.32 Å².